The van der Waals surface area contributed by atoms with Crippen LogP contribution in [-0.2, 0) is 0 Å². The topological polar surface area (TPSA) is 80.9 Å². The third-order valence-electron chi connectivity index (χ3n) is 2.51. The second kappa shape index (κ2) is 3.57. The van der Waals surface area contributed by atoms with Gasteiger partial charge in [-0.15, -0.1) is 0 Å². The molecule has 0 spiro atoms. The average molecular weight is 220 g/mol. The van der Waals surface area contributed by atoms with E-state index in [1.165, 1.54) is 0 Å². The van der Waals surface area contributed by atoms with Gasteiger partial charge in [-0.2, -0.15) is 0 Å². The third-order valence-corrected chi connectivity index (χ3v) is 2.51. The summed E-state index contributed by atoms with van der Waals surface area (Å²) in [4.78, 5) is 4.15. The quantitative estimate of drug-likeness (QED) is 0.598. The van der Waals surface area contributed by atoms with Crippen LogP contribution in [0.1, 0.15) is 0 Å². The van der Waals surface area contributed by atoms with Crippen molar-refractivity contribution in [2.75, 3.05) is 6.61 Å². The lowest BCUT2D eigenvalue weighted by Gasteiger charge is -2.28. The fraction of sp³-hybridized carbons (Fsp3) is 0.300. The molecular formula is C10H12N4O2. The molecule has 0 aromatic heterocycles. The Kier molecular flexibility index (Phi) is 2.07. The number of benzene rings is 1. The third kappa shape index (κ3) is 1.53. The lowest BCUT2D eigenvalue weighted by atomic mass is 10.2. The number of guanidine groups is 1. The van der Waals surface area contributed by atoms with Gasteiger partial charge in [-0.05, 0) is 12.1 Å². The van der Waals surface area contributed by atoms with Crippen molar-refractivity contribution in [1.82, 2.24) is 10.9 Å². The van der Waals surface area contributed by atoms with Gasteiger partial charge in [0.05, 0.1) is 0 Å². The lowest BCUT2D eigenvalue weighted by molar-refractivity contribution is 0.0654. The zero-order valence-corrected chi connectivity index (χ0v) is 8.51. The molecule has 2 heterocycles. The van der Waals surface area contributed by atoms with Crippen LogP contribution in [0, 0.1) is 0 Å². The summed E-state index contributed by atoms with van der Waals surface area (Å²) in [5.74, 6) is 1.87. The number of nitrogens with one attached hydrogen (secondary N) is 2. The second-order valence-electron chi connectivity index (χ2n) is 3.64. The molecule has 2 aliphatic rings. The van der Waals surface area contributed by atoms with Crippen LogP contribution >= 0.6 is 0 Å². The number of fused-ring (bicyclic) bond motifs is 1. The number of aliphatic imine (C=N–C) groups is 1. The number of rotatable bonds is 1. The maximum absolute atomic E-state index is 5.77. The largest absolute Gasteiger partial charge is 0.486 e. The predicted octanol–water partition coefficient (Wildman–Crippen LogP) is -0.425. The van der Waals surface area contributed by atoms with Gasteiger partial charge in [-0.1, -0.05) is 12.1 Å². The molecule has 3 rings (SSSR count). The molecule has 0 saturated heterocycles. The summed E-state index contributed by atoms with van der Waals surface area (Å²) >= 11 is 0. The second-order valence-corrected chi connectivity index (χ2v) is 3.64. The maximum Gasteiger partial charge on any atom is 0.205 e. The highest BCUT2D eigenvalue weighted by molar-refractivity contribution is 5.78. The van der Waals surface area contributed by atoms with Crippen LogP contribution in [0.2, 0.25) is 0 Å². The van der Waals surface area contributed by atoms with Crippen LogP contribution in [0.3, 0.4) is 0 Å². The van der Waals surface area contributed by atoms with Gasteiger partial charge in [0.1, 0.15) is 6.61 Å². The first-order valence-electron chi connectivity index (χ1n) is 5.06. The number of ether oxygens (including phenoxy) is 2. The number of hydrogen-bond acceptors (Lipinski definition) is 6. The summed E-state index contributed by atoms with van der Waals surface area (Å²) in [5.41, 5.74) is 11.2. The number of nitrogens with zero attached hydrogens (tertiary/aromatic N) is 1. The smallest absolute Gasteiger partial charge is 0.205 e. The molecule has 16 heavy (non-hydrogen) atoms. The first kappa shape index (κ1) is 9.29. The highest BCUT2D eigenvalue weighted by atomic mass is 16.6. The fourth-order valence-electron chi connectivity index (χ4n) is 1.73. The molecule has 6 nitrogen and oxygen atoms in total. The molecule has 84 valence electrons. The zero-order valence-electron chi connectivity index (χ0n) is 8.51. The molecule has 0 saturated carbocycles. The zero-order chi connectivity index (χ0) is 11.0. The van der Waals surface area contributed by atoms with Crippen molar-refractivity contribution in [3.8, 4) is 11.5 Å². The van der Waals surface area contributed by atoms with Crippen molar-refractivity contribution in [3.63, 3.8) is 0 Å². The van der Waals surface area contributed by atoms with Crippen LogP contribution in [0.4, 0.5) is 0 Å². The van der Waals surface area contributed by atoms with Gasteiger partial charge in [-0.25, -0.2) is 10.4 Å². The lowest BCUT2D eigenvalue weighted by Crippen LogP contribution is -2.48. The van der Waals surface area contributed by atoms with E-state index in [0.29, 0.717) is 12.6 Å². The summed E-state index contributed by atoms with van der Waals surface area (Å²) in [6.07, 6.45) is -0.392. The average Bonchev–Trinajstić information content (AvgIpc) is 2.75. The van der Waals surface area contributed by atoms with Gasteiger partial charge in [0.2, 0.25) is 5.96 Å². The van der Waals surface area contributed by atoms with E-state index in [4.69, 9.17) is 15.2 Å². The fourth-order valence-corrected chi connectivity index (χ4v) is 1.73. The van der Waals surface area contributed by atoms with E-state index in [1.54, 1.807) is 0 Å². The van der Waals surface area contributed by atoms with Crippen molar-refractivity contribution in [2.24, 2.45) is 10.7 Å². The molecule has 1 aromatic carbocycles. The normalized spacial score (nSPS) is 27.1. The summed E-state index contributed by atoms with van der Waals surface area (Å²) in [6.45, 7) is 0.452. The monoisotopic (exact) mass is 220 g/mol. The Balaban J connectivity index is 1.78. The Hall–Kier alpha value is -1.95. The molecule has 1 aromatic rings. The van der Waals surface area contributed by atoms with Crippen molar-refractivity contribution in [3.05, 3.63) is 24.3 Å². The maximum atomic E-state index is 5.77. The van der Waals surface area contributed by atoms with Crippen LogP contribution in [-0.4, -0.2) is 24.8 Å². The Morgan fingerprint density at radius 2 is 2.12 bits per heavy atom. The van der Waals surface area contributed by atoms with Crippen LogP contribution in [0.15, 0.2) is 29.3 Å². The molecular weight excluding hydrogens is 208 g/mol. The van der Waals surface area contributed by atoms with Crippen molar-refractivity contribution >= 4 is 5.96 Å². The Labute approximate surface area is 92.4 Å². The minimum atomic E-state index is -0.214. The van der Waals surface area contributed by atoms with Crippen LogP contribution < -0.4 is 26.1 Å². The highest BCUT2D eigenvalue weighted by Gasteiger charge is 2.31. The van der Waals surface area contributed by atoms with Gasteiger partial charge >= 0.3 is 0 Å². The molecule has 0 bridgehead atoms. The van der Waals surface area contributed by atoms with Crippen LogP contribution in [0.5, 0.6) is 11.5 Å². The number of hydrazine groups is 1. The molecule has 4 N–H and O–H groups in total. The molecule has 0 radical (unpaired) electrons. The van der Waals surface area contributed by atoms with Crippen molar-refractivity contribution in [1.29, 1.82) is 0 Å². The number of nitrogens with two attached hydrogens (primary N) is 1. The molecule has 0 fully saturated rings. The molecule has 2 aliphatic heterocycles. The summed E-state index contributed by atoms with van der Waals surface area (Å²) in [5, 5.41) is 0. The predicted molar refractivity (Wildman–Crippen MR) is 58.0 cm³/mol. The molecule has 0 aliphatic carbocycles. The standard InChI is InChI=1S/C10H12N4O2/c11-10-12-9(13-14-10)8-5-15-6-3-1-2-4-7(6)16-8/h1-4,8-9,13H,5H2,(H3,11,12,14). The SMILES string of the molecule is NC1=NC(C2COc3ccccc3O2)NN1. The van der Waals surface area contributed by atoms with E-state index in [1.807, 2.05) is 24.3 Å². The van der Waals surface area contributed by atoms with E-state index >= 15 is 0 Å². The Morgan fingerprint density at radius 1 is 1.31 bits per heavy atom. The van der Waals surface area contributed by atoms with Gasteiger partial charge in [0.15, 0.2) is 23.8 Å². The summed E-state index contributed by atoms with van der Waals surface area (Å²) < 4.78 is 11.4. The van der Waals surface area contributed by atoms with E-state index < -0.39 is 0 Å². The number of hydrogen-bond donors (Lipinski definition) is 3. The van der Waals surface area contributed by atoms with Gasteiger partial charge < -0.3 is 15.2 Å². The highest BCUT2D eigenvalue weighted by Crippen LogP contribution is 2.31. The van der Waals surface area contributed by atoms with Gasteiger partial charge in [0.25, 0.3) is 0 Å². The Morgan fingerprint density at radius 3 is 2.88 bits per heavy atom. The van der Waals surface area contributed by atoms with Crippen LogP contribution in [0.25, 0.3) is 0 Å². The number of para-hydroxylation sites is 2. The van der Waals surface area contributed by atoms with Gasteiger partial charge in [-0.3, -0.25) is 5.43 Å². The van der Waals surface area contributed by atoms with E-state index in [-0.39, 0.29) is 12.3 Å². The Bertz CT molecular complexity index is 435. The van der Waals surface area contributed by atoms with E-state index in [0.717, 1.165) is 11.5 Å². The molecule has 0 amide bonds. The first-order valence-corrected chi connectivity index (χ1v) is 5.06. The minimum Gasteiger partial charge on any atom is -0.486 e. The van der Waals surface area contributed by atoms with E-state index in [9.17, 15) is 0 Å². The minimum absolute atomic E-state index is 0.177. The molecule has 2 unspecified atom stereocenters. The van der Waals surface area contributed by atoms with Crippen molar-refractivity contribution in [2.45, 2.75) is 12.3 Å². The first-order chi connectivity index (χ1) is 7.83. The summed E-state index contributed by atoms with van der Waals surface area (Å²) in [7, 11) is 0. The molecule has 6 heteroatoms. The van der Waals surface area contributed by atoms with Gasteiger partial charge in [0, 0.05) is 0 Å². The summed E-state index contributed by atoms with van der Waals surface area (Å²) in [6, 6.07) is 7.57. The van der Waals surface area contributed by atoms with E-state index in [2.05, 4.69) is 15.8 Å². The molecule has 2 atom stereocenters. The van der Waals surface area contributed by atoms with Crippen molar-refractivity contribution < 1.29 is 9.47 Å².